The normalized spacial score (nSPS) is 14.5. The number of carbonyl (C=O) groups is 1. The van der Waals surface area contributed by atoms with Crippen LogP contribution in [-0.2, 0) is 6.42 Å². The Morgan fingerprint density at radius 1 is 1.23 bits per heavy atom. The average Bonchev–Trinajstić information content (AvgIpc) is 2.57. The summed E-state index contributed by atoms with van der Waals surface area (Å²) in [5.41, 5.74) is 1.12. The van der Waals surface area contributed by atoms with Crippen molar-refractivity contribution in [3.8, 4) is 11.5 Å². The lowest BCUT2D eigenvalue weighted by molar-refractivity contribution is 0.186. The van der Waals surface area contributed by atoms with Gasteiger partial charge in [-0.3, -0.25) is 0 Å². The van der Waals surface area contributed by atoms with Crippen LogP contribution in [0.25, 0.3) is 0 Å². The first kappa shape index (κ1) is 16.5. The second-order valence-electron chi connectivity index (χ2n) is 5.45. The molecule has 1 aromatic carbocycles. The number of nitrogens with one attached hydrogen (secondary N) is 1. The second kappa shape index (κ2) is 8.51. The molecule has 1 aromatic rings. The molecule has 0 radical (unpaired) electrons. The summed E-state index contributed by atoms with van der Waals surface area (Å²) in [6.45, 7) is 4.95. The van der Waals surface area contributed by atoms with Crippen LogP contribution in [0, 0.1) is 0 Å². The Labute approximate surface area is 132 Å². The highest BCUT2D eigenvalue weighted by molar-refractivity contribution is 5.74. The Hall–Kier alpha value is -1.91. The van der Waals surface area contributed by atoms with E-state index in [1.165, 1.54) is 6.42 Å². The van der Waals surface area contributed by atoms with E-state index in [-0.39, 0.29) is 6.03 Å². The van der Waals surface area contributed by atoms with Crippen LogP contribution in [0.5, 0.6) is 11.5 Å². The Morgan fingerprint density at radius 2 is 2.00 bits per heavy atom. The van der Waals surface area contributed by atoms with Crippen molar-refractivity contribution < 1.29 is 14.3 Å². The van der Waals surface area contributed by atoms with Gasteiger partial charge in [0.2, 0.25) is 0 Å². The summed E-state index contributed by atoms with van der Waals surface area (Å²) in [6.07, 6.45) is 4.24. The molecule has 1 fully saturated rings. The molecule has 2 rings (SSSR count). The van der Waals surface area contributed by atoms with E-state index >= 15 is 0 Å². The van der Waals surface area contributed by atoms with Gasteiger partial charge in [-0.05, 0) is 50.3 Å². The molecule has 0 aromatic heterocycles. The van der Waals surface area contributed by atoms with Crippen LogP contribution in [-0.4, -0.2) is 44.3 Å². The molecule has 0 spiro atoms. The van der Waals surface area contributed by atoms with Gasteiger partial charge in [-0.25, -0.2) is 4.79 Å². The number of ether oxygens (including phenoxy) is 2. The molecule has 1 aliphatic rings. The molecule has 5 heteroatoms. The third-order valence-corrected chi connectivity index (χ3v) is 3.86. The number of piperidine rings is 1. The fourth-order valence-corrected chi connectivity index (χ4v) is 2.66. The van der Waals surface area contributed by atoms with E-state index in [1.54, 1.807) is 7.11 Å². The summed E-state index contributed by atoms with van der Waals surface area (Å²) in [6, 6.07) is 5.96. The predicted octanol–water partition coefficient (Wildman–Crippen LogP) is 2.83. The number of rotatable bonds is 6. The van der Waals surface area contributed by atoms with Gasteiger partial charge in [-0.15, -0.1) is 0 Å². The summed E-state index contributed by atoms with van der Waals surface area (Å²) < 4.78 is 10.8. The summed E-state index contributed by atoms with van der Waals surface area (Å²) in [7, 11) is 1.64. The van der Waals surface area contributed by atoms with Crippen molar-refractivity contribution in [2.45, 2.75) is 32.6 Å². The van der Waals surface area contributed by atoms with E-state index in [9.17, 15) is 4.79 Å². The molecule has 22 heavy (non-hydrogen) atoms. The molecule has 2 amide bonds. The number of methoxy groups -OCH3 is 1. The van der Waals surface area contributed by atoms with Gasteiger partial charge in [0.05, 0.1) is 13.7 Å². The number of carbonyl (C=O) groups excluding carboxylic acids is 1. The third-order valence-electron chi connectivity index (χ3n) is 3.86. The monoisotopic (exact) mass is 306 g/mol. The molecule has 5 nitrogen and oxygen atoms in total. The topological polar surface area (TPSA) is 50.8 Å². The van der Waals surface area contributed by atoms with Gasteiger partial charge in [-0.1, -0.05) is 6.07 Å². The zero-order valence-electron chi connectivity index (χ0n) is 13.6. The largest absolute Gasteiger partial charge is 0.493 e. The fourth-order valence-electron chi connectivity index (χ4n) is 2.66. The van der Waals surface area contributed by atoms with Crippen molar-refractivity contribution in [2.24, 2.45) is 0 Å². The maximum atomic E-state index is 12.0. The number of amides is 2. The Morgan fingerprint density at radius 3 is 2.68 bits per heavy atom. The number of urea groups is 1. The molecule has 0 unspecified atom stereocenters. The highest BCUT2D eigenvalue weighted by atomic mass is 16.5. The molecule has 1 aliphatic heterocycles. The van der Waals surface area contributed by atoms with Gasteiger partial charge in [0.15, 0.2) is 11.5 Å². The molecular weight excluding hydrogens is 280 g/mol. The number of hydrogen-bond donors (Lipinski definition) is 1. The van der Waals surface area contributed by atoms with E-state index in [1.807, 2.05) is 30.0 Å². The summed E-state index contributed by atoms with van der Waals surface area (Å²) in [5.74, 6) is 1.49. The smallest absolute Gasteiger partial charge is 0.317 e. The highest BCUT2D eigenvalue weighted by Crippen LogP contribution is 2.28. The molecule has 1 saturated heterocycles. The first-order valence-corrected chi connectivity index (χ1v) is 8.07. The first-order chi connectivity index (χ1) is 10.7. The van der Waals surface area contributed by atoms with E-state index in [4.69, 9.17) is 9.47 Å². The van der Waals surface area contributed by atoms with Gasteiger partial charge in [0, 0.05) is 19.6 Å². The molecule has 122 valence electrons. The van der Waals surface area contributed by atoms with Crippen LogP contribution in [0.2, 0.25) is 0 Å². The van der Waals surface area contributed by atoms with Gasteiger partial charge in [-0.2, -0.15) is 0 Å². The van der Waals surface area contributed by atoms with Gasteiger partial charge in [0.25, 0.3) is 0 Å². The lowest BCUT2D eigenvalue weighted by Crippen LogP contribution is -2.43. The molecule has 0 atom stereocenters. The summed E-state index contributed by atoms with van der Waals surface area (Å²) in [5, 5.41) is 2.99. The van der Waals surface area contributed by atoms with Crippen LogP contribution in [0.4, 0.5) is 4.79 Å². The minimum atomic E-state index is 0.0533. The zero-order valence-corrected chi connectivity index (χ0v) is 13.6. The van der Waals surface area contributed by atoms with Gasteiger partial charge < -0.3 is 19.7 Å². The fraction of sp³-hybridized carbons (Fsp3) is 0.588. The highest BCUT2D eigenvalue weighted by Gasteiger charge is 2.15. The Kier molecular flexibility index (Phi) is 6.37. The summed E-state index contributed by atoms with van der Waals surface area (Å²) >= 11 is 0. The molecule has 0 bridgehead atoms. The lowest BCUT2D eigenvalue weighted by atomic mass is 10.1. The number of nitrogens with zero attached hydrogens (tertiary/aromatic N) is 1. The number of hydrogen-bond acceptors (Lipinski definition) is 3. The molecule has 1 heterocycles. The first-order valence-electron chi connectivity index (χ1n) is 8.07. The van der Waals surface area contributed by atoms with Gasteiger partial charge in [0.1, 0.15) is 0 Å². The van der Waals surface area contributed by atoms with E-state index < -0.39 is 0 Å². The standard InChI is InChI=1S/C17H26N2O3/c1-3-22-15-8-7-14(13-16(15)21-2)9-10-18-17(20)19-11-5-4-6-12-19/h7-8,13H,3-6,9-12H2,1-2H3,(H,18,20). The van der Waals surface area contributed by atoms with Crippen LogP contribution in [0.15, 0.2) is 18.2 Å². The van der Waals surface area contributed by atoms with Crippen LogP contribution in [0.3, 0.4) is 0 Å². The molecular formula is C17H26N2O3. The van der Waals surface area contributed by atoms with Crippen molar-refractivity contribution in [1.29, 1.82) is 0 Å². The van der Waals surface area contributed by atoms with Crippen molar-refractivity contribution in [1.82, 2.24) is 10.2 Å². The number of likely N-dealkylation sites (tertiary alicyclic amines) is 1. The molecule has 1 N–H and O–H groups in total. The molecule has 0 aliphatic carbocycles. The third kappa shape index (κ3) is 4.55. The van der Waals surface area contributed by atoms with Crippen molar-refractivity contribution in [3.63, 3.8) is 0 Å². The maximum absolute atomic E-state index is 12.0. The van der Waals surface area contributed by atoms with Crippen molar-refractivity contribution >= 4 is 6.03 Å². The predicted molar refractivity (Wildman–Crippen MR) is 86.7 cm³/mol. The van der Waals surface area contributed by atoms with Crippen LogP contribution >= 0.6 is 0 Å². The SMILES string of the molecule is CCOc1ccc(CCNC(=O)N2CCCCC2)cc1OC. The maximum Gasteiger partial charge on any atom is 0.317 e. The zero-order chi connectivity index (χ0) is 15.8. The quantitative estimate of drug-likeness (QED) is 0.879. The van der Waals surface area contributed by atoms with E-state index in [0.717, 1.165) is 49.4 Å². The lowest BCUT2D eigenvalue weighted by Gasteiger charge is -2.26. The van der Waals surface area contributed by atoms with Crippen LogP contribution < -0.4 is 14.8 Å². The minimum absolute atomic E-state index is 0.0533. The Bertz CT molecular complexity index is 485. The number of benzene rings is 1. The van der Waals surface area contributed by atoms with Crippen molar-refractivity contribution in [2.75, 3.05) is 33.4 Å². The second-order valence-corrected chi connectivity index (χ2v) is 5.45. The summed E-state index contributed by atoms with van der Waals surface area (Å²) in [4.78, 5) is 13.9. The Balaban J connectivity index is 1.82. The average molecular weight is 306 g/mol. The van der Waals surface area contributed by atoms with E-state index in [2.05, 4.69) is 5.32 Å². The van der Waals surface area contributed by atoms with Gasteiger partial charge >= 0.3 is 6.03 Å². The van der Waals surface area contributed by atoms with Crippen LogP contribution in [0.1, 0.15) is 31.7 Å². The van der Waals surface area contributed by atoms with Crippen molar-refractivity contribution in [3.05, 3.63) is 23.8 Å². The minimum Gasteiger partial charge on any atom is -0.493 e. The van der Waals surface area contributed by atoms with E-state index in [0.29, 0.717) is 13.2 Å². The molecule has 0 saturated carbocycles.